The molecule has 0 aliphatic carbocycles. The number of amides is 1. The van der Waals surface area contributed by atoms with Gasteiger partial charge in [0, 0.05) is 23.5 Å². The van der Waals surface area contributed by atoms with E-state index in [9.17, 15) is 4.79 Å². The molecular formula is C23H21N5O4S. The third-order valence-corrected chi connectivity index (χ3v) is 5.71. The van der Waals surface area contributed by atoms with E-state index in [1.807, 2.05) is 24.3 Å². The van der Waals surface area contributed by atoms with Crippen molar-refractivity contribution in [1.82, 2.24) is 19.9 Å². The quantitative estimate of drug-likeness (QED) is 0.308. The number of fused-ring (bicyclic) bond motifs is 1. The summed E-state index contributed by atoms with van der Waals surface area (Å²) in [4.78, 5) is 30.0. The number of nitrogens with one attached hydrogen (secondary N) is 1. The Morgan fingerprint density at radius 3 is 2.45 bits per heavy atom. The highest BCUT2D eigenvalue weighted by Gasteiger charge is 2.12. The number of rotatable bonds is 8. The Morgan fingerprint density at radius 1 is 0.939 bits per heavy atom. The summed E-state index contributed by atoms with van der Waals surface area (Å²) in [7, 11) is 4.72. The van der Waals surface area contributed by atoms with E-state index in [1.54, 1.807) is 45.7 Å². The number of thioether (sulfide) groups is 1. The lowest BCUT2D eigenvalue weighted by atomic mass is 10.2. The van der Waals surface area contributed by atoms with Crippen molar-refractivity contribution in [3.8, 4) is 28.6 Å². The molecule has 0 atom stereocenters. The second-order valence-corrected chi connectivity index (χ2v) is 7.71. The zero-order valence-electron chi connectivity index (χ0n) is 18.2. The van der Waals surface area contributed by atoms with Crippen LogP contribution in [-0.4, -0.2) is 52.9 Å². The van der Waals surface area contributed by atoms with Crippen LogP contribution in [-0.2, 0) is 4.79 Å². The summed E-state index contributed by atoms with van der Waals surface area (Å²) in [5.74, 6) is 2.40. The van der Waals surface area contributed by atoms with Crippen LogP contribution >= 0.6 is 11.8 Å². The molecule has 33 heavy (non-hydrogen) atoms. The van der Waals surface area contributed by atoms with E-state index in [1.165, 1.54) is 18.1 Å². The van der Waals surface area contributed by atoms with Gasteiger partial charge < -0.3 is 19.5 Å². The molecule has 168 valence electrons. The molecule has 0 radical (unpaired) electrons. The number of ether oxygens (including phenoxy) is 3. The third-order valence-electron chi connectivity index (χ3n) is 4.71. The zero-order valence-corrected chi connectivity index (χ0v) is 19.0. The number of anilines is 1. The van der Waals surface area contributed by atoms with Crippen molar-refractivity contribution in [1.29, 1.82) is 0 Å². The van der Waals surface area contributed by atoms with Gasteiger partial charge >= 0.3 is 0 Å². The summed E-state index contributed by atoms with van der Waals surface area (Å²) in [6, 6.07) is 12.7. The Kier molecular flexibility index (Phi) is 6.84. The van der Waals surface area contributed by atoms with E-state index in [2.05, 4.69) is 25.3 Å². The molecule has 0 bridgehead atoms. The van der Waals surface area contributed by atoms with Gasteiger partial charge in [-0.3, -0.25) is 4.79 Å². The molecule has 4 rings (SSSR count). The standard InChI is InChI=1S/C23H21N5O4S/c1-30-16-7-4-14(5-8-16)21-24-11-17-22(28-21)25-13-26-23(17)33-12-20(29)27-15-6-9-18(31-2)19(10-15)32-3/h4-11,13H,12H2,1-3H3,(H,27,29). The van der Waals surface area contributed by atoms with E-state index < -0.39 is 0 Å². The Bertz CT molecular complexity index is 1280. The van der Waals surface area contributed by atoms with Crippen molar-refractivity contribution in [2.45, 2.75) is 5.03 Å². The summed E-state index contributed by atoms with van der Waals surface area (Å²) in [6.45, 7) is 0. The average Bonchev–Trinajstić information content (AvgIpc) is 2.87. The maximum atomic E-state index is 12.5. The van der Waals surface area contributed by atoms with Gasteiger partial charge in [-0.15, -0.1) is 0 Å². The second kappa shape index (κ2) is 10.1. The van der Waals surface area contributed by atoms with Gasteiger partial charge in [0.25, 0.3) is 0 Å². The second-order valence-electron chi connectivity index (χ2n) is 6.74. The first-order valence-corrected chi connectivity index (χ1v) is 10.9. The molecule has 2 heterocycles. The van der Waals surface area contributed by atoms with Crippen LogP contribution in [0, 0.1) is 0 Å². The summed E-state index contributed by atoms with van der Waals surface area (Å²) < 4.78 is 15.7. The zero-order chi connectivity index (χ0) is 23.2. The molecule has 9 nitrogen and oxygen atoms in total. The Hall–Kier alpha value is -3.92. The lowest BCUT2D eigenvalue weighted by molar-refractivity contribution is -0.113. The van der Waals surface area contributed by atoms with Gasteiger partial charge in [0.15, 0.2) is 23.0 Å². The summed E-state index contributed by atoms with van der Waals surface area (Å²) in [5.41, 5.74) is 1.96. The van der Waals surface area contributed by atoms with Crippen molar-refractivity contribution in [2.24, 2.45) is 0 Å². The largest absolute Gasteiger partial charge is 0.497 e. The lowest BCUT2D eigenvalue weighted by Crippen LogP contribution is -2.14. The highest BCUT2D eigenvalue weighted by molar-refractivity contribution is 8.00. The molecule has 2 aromatic carbocycles. The smallest absolute Gasteiger partial charge is 0.234 e. The number of carbonyl (C=O) groups is 1. The fourth-order valence-corrected chi connectivity index (χ4v) is 3.83. The molecule has 1 amide bonds. The molecular weight excluding hydrogens is 442 g/mol. The van der Waals surface area contributed by atoms with Gasteiger partial charge in [-0.05, 0) is 36.4 Å². The fraction of sp³-hybridized carbons (Fsp3) is 0.174. The van der Waals surface area contributed by atoms with E-state index in [0.29, 0.717) is 39.1 Å². The van der Waals surface area contributed by atoms with Gasteiger partial charge in [0.2, 0.25) is 5.91 Å². The van der Waals surface area contributed by atoms with Crippen molar-refractivity contribution < 1.29 is 19.0 Å². The Labute approximate surface area is 194 Å². The number of nitrogens with zero attached hydrogens (tertiary/aromatic N) is 4. The van der Waals surface area contributed by atoms with Crippen LogP contribution in [0.3, 0.4) is 0 Å². The van der Waals surface area contributed by atoms with Crippen LogP contribution in [0.4, 0.5) is 5.69 Å². The first-order valence-electron chi connectivity index (χ1n) is 9.88. The molecule has 0 saturated carbocycles. The average molecular weight is 464 g/mol. The highest BCUT2D eigenvalue weighted by Crippen LogP contribution is 2.30. The van der Waals surface area contributed by atoms with Crippen LogP contribution in [0.2, 0.25) is 0 Å². The number of hydrogen-bond acceptors (Lipinski definition) is 9. The monoisotopic (exact) mass is 463 g/mol. The van der Waals surface area contributed by atoms with Crippen molar-refractivity contribution in [3.63, 3.8) is 0 Å². The first kappa shape index (κ1) is 22.3. The molecule has 0 fully saturated rings. The van der Waals surface area contributed by atoms with Crippen LogP contribution in [0.15, 0.2) is 60.0 Å². The van der Waals surface area contributed by atoms with E-state index in [4.69, 9.17) is 14.2 Å². The minimum absolute atomic E-state index is 0.153. The minimum Gasteiger partial charge on any atom is -0.497 e. The molecule has 0 saturated heterocycles. The normalized spacial score (nSPS) is 10.6. The molecule has 0 spiro atoms. The number of carbonyl (C=O) groups excluding carboxylic acids is 1. The molecule has 4 aromatic rings. The van der Waals surface area contributed by atoms with Gasteiger partial charge in [-0.1, -0.05) is 11.8 Å². The SMILES string of the molecule is COc1ccc(-c2ncc3c(SCC(=O)Nc4ccc(OC)c(OC)c4)ncnc3n2)cc1. The van der Waals surface area contributed by atoms with Gasteiger partial charge in [0.05, 0.1) is 32.5 Å². The van der Waals surface area contributed by atoms with E-state index in [0.717, 1.165) is 11.3 Å². The molecule has 1 N–H and O–H groups in total. The van der Waals surface area contributed by atoms with Gasteiger partial charge in [-0.2, -0.15) is 0 Å². The summed E-state index contributed by atoms with van der Waals surface area (Å²) in [6.07, 6.45) is 3.11. The summed E-state index contributed by atoms with van der Waals surface area (Å²) in [5, 5.41) is 4.15. The van der Waals surface area contributed by atoms with Crippen molar-refractivity contribution in [2.75, 3.05) is 32.4 Å². The lowest BCUT2D eigenvalue weighted by Gasteiger charge is -2.10. The molecule has 0 unspecified atom stereocenters. The summed E-state index contributed by atoms with van der Waals surface area (Å²) >= 11 is 1.29. The third kappa shape index (κ3) is 5.12. The maximum Gasteiger partial charge on any atom is 0.234 e. The van der Waals surface area contributed by atoms with Crippen LogP contribution in [0.25, 0.3) is 22.4 Å². The predicted octanol–water partition coefficient (Wildman–Crippen LogP) is 3.84. The molecule has 0 aliphatic heterocycles. The van der Waals surface area contributed by atoms with Crippen LogP contribution in [0.1, 0.15) is 0 Å². The first-order chi connectivity index (χ1) is 16.1. The molecule has 10 heteroatoms. The van der Waals surface area contributed by atoms with E-state index in [-0.39, 0.29) is 11.7 Å². The predicted molar refractivity (Wildman–Crippen MR) is 126 cm³/mol. The highest BCUT2D eigenvalue weighted by atomic mass is 32.2. The van der Waals surface area contributed by atoms with Crippen molar-refractivity contribution in [3.05, 3.63) is 55.0 Å². The number of methoxy groups -OCH3 is 3. The molecule has 0 aliphatic rings. The number of hydrogen-bond donors (Lipinski definition) is 1. The van der Waals surface area contributed by atoms with Crippen molar-refractivity contribution >= 4 is 34.4 Å². The topological polar surface area (TPSA) is 108 Å². The van der Waals surface area contributed by atoms with Crippen LogP contribution < -0.4 is 19.5 Å². The maximum absolute atomic E-state index is 12.5. The van der Waals surface area contributed by atoms with Crippen LogP contribution in [0.5, 0.6) is 17.2 Å². The number of benzene rings is 2. The fourth-order valence-electron chi connectivity index (χ4n) is 3.07. The van der Waals surface area contributed by atoms with Gasteiger partial charge in [0.1, 0.15) is 17.1 Å². The number of aromatic nitrogens is 4. The Morgan fingerprint density at radius 2 is 1.73 bits per heavy atom. The molecule has 2 aromatic heterocycles. The Balaban J connectivity index is 1.46. The van der Waals surface area contributed by atoms with Gasteiger partial charge in [-0.25, -0.2) is 19.9 Å². The van der Waals surface area contributed by atoms with E-state index >= 15 is 0 Å². The minimum atomic E-state index is -0.185.